The van der Waals surface area contributed by atoms with Crippen LogP contribution in [0.3, 0.4) is 0 Å². The number of benzene rings is 2. The number of fused-ring (bicyclic) bond motifs is 1. The summed E-state index contributed by atoms with van der Waals surface area (Å²) in [6, 6.07) is 13.5. The van der Waals surface area contributed by atoms with Crippen LogP contribution in [0.1, 0.15) is 46.6 Å². The molecule has 3 amide bonds. The summed E-state index contributed by atoms with van der Waals surface area (Å²) in [6.45, 7) is 10.1. The molecule has 176 valence electrons. The van der Waals surface area contributed by atoms with Crippen LogP contribution in [0.4, 0.5) is 0 Å². The van der Waals surface area contributed by atoms with Gasteiger partial charge in [-0.05, 0) is 53.2 Å². The quantitative estimate of drug-likeness (QED) is 0.219. The summed E-state index contributed by atoms with van der Waals surface area (Å²) < 4.78 is 2.99. The first-order chi connectivity index (χ1) is 15.0. The Morgan fingerprint density at radius 3 is 2.31 bits per heavy atom. The Bertz CT molecular complexity index is 897. The first kappa shape index (κ1) is 28.2. The van der Waals surface area contributed by atoms with Gasteiger partial charge >= 0.3 is 0 Å². The molecule has 0 aliphatic carbocycles. The molecule has 0 heterocycles. The predicted octanol–water partition coefficient (Wildman–Crippen LogP) is 3.86. The smallest absolute Gasteiger partial charge is 0.242 e. The molecule has 0 saturated heterocycles. The zero-order chi connectivity index (χ0) is 24.1. The van der Waals surface area contributed by atoms with Crippen molar-refractivity contribution in [3.05, 3.63) is 48.0 Å². The molecule has 0 aliphatic heterocycles. The van der Waals surface area contributed by atoms with Gasteiger partial charge in [0.2, 0.25) is 17.7 Å². The van der Waals surface area contributed by atoms with Gasteiger partial charge in [0, 0.05) is 53.2 Å². The molecular formula is C23H33IN4O3S. The first-order valence-electron chi connectivity index (χ1n) is 10.4. The largest absolute Gasteiger partial charge is 0.352 e. The summed E-state index contributed by atoms with van der Waals surface area (Å²) in [7, 11) is 1.44. The van der Waals surface area contributed by atoms with Crippen molar-refractivity contribution in [3.8, 4) is 0 Å². The fourth-order valence-electron chi connectivity index (χ4n) is 2.89. The van der Waals surface area contributed by atoms with E-state index in [1.807, 2.05) is 63.2 Å². The van der Waals surface area contributed by atoms with Crippen molar-refractivity contribution in [1.29, 1.82) is 0 Å². The summed E-state index contributed by atoms with van der Waals surface area (Å²) in [5.41, 5.74) is 0.981. The van der Waals surface area contributed by atoms with Crippen molar-refractivity contribution in [2.75, 3.05) is 6.54 Å². The normalized spacial score (nSPS) is 11.7. The topological polar surface area (TPSA) is 99.3 Å². The lowest BCUT2D eigenvalue weighted by molar-refractivity contribution is -0.128. The highest BCUT2D eigenvalue weighted by Crippen LogP contribution is 2.18. The van der Waals surface area contributed by atoms with Crippen molar-refractivity contribution in [2.24, 2.45) is 0 Å². The average molecular weight is 573 g/mol. The second kappa shape index (κ2) is 14.3. The van der Waals surface area contributed by atoms with Gasteiger partial charge in [-0.3, -0.25) is 19.1 Å². The minimum absolute atomic E-state index is 0.0255. The molecule has 0 aliphatic rings. The van der Waals surface area contributed by atoms with E-state index in [1.54, 1.807) is 6.92 Å². The van der Waals surface area contributed by atoms with Crippen LogP contribution in [0.5, 0.6) is 0 Å². The van der Waals surface area contributed by atoms with Crippen molar-refractivity contribution >= 4 is 58.8 Å². The number of halogens is 1. The lowest BCUT2D eigenvalue weighted by atomic mass is 10.0. The number of amides is 3. The van der Waals surface area contributed by atoms with E-state index in [9.17, 15) is 14.4 Å². The SMILES string of the molecule is CC(=O)NC(C)(C)C.CC(NC(=O)CCNSI)C(=O)NCc1cccc2ccccc12. The third kappa shape index (κ3) is 11.7. The van der Waals surface area contributed by atoms with E-state index in [2.05, 4.69) is 41.9 Å². The molecule has 0 radical (unpaired) electrons. The Labute approximate surface area is 207 Å². The number of hydrogen-bond acceptors (Lipinski definition) is 5. The maximum atomic E-state index is 12.2. The predicted molar refractivity (Wildman–Crippen MR) is 141 cm³/mol. The summed E-state index contributed by atoms with van der Waals surface area (Å²) >= 11 is 2.10. The molecule has 1 unspecified atom stereocenters. The molecule has 9 heteroatoms. The van der Waals surface area contributed by atoms with Crippen molar-refractivity contribution < 1.29 is 14.4 Å². The summed E-state index contributed by atoms with van der Waals surface area (Å²) in [5, 5.41) is 10.6. The van der Waals surface area contributed by atoms with Gasteiger partial charge in [0.15, 0.2) is 0 Å². The molecule has 2 aromatic rings. The lowest BCUT2D eigenvalue weighted by Gasteiger charge is -2.18. The lowest BCUT2D eigenvalue weighted by Crippen LogP contribution is -2.45. The average Bonchev–Trinajstić information content (AvgIpc) is 2.70. The van der Waals surface area contributed by atoms with Crippen LogP contribution in [0.25, 0.3) is 10.8 Å². The molecular weight excluding hydrogens is 539 g/mol. The maximum absolute atomic E-state index is 12.2. The molecule has 0 bridgehead atoms. The van der Waals surface area contributed by atoms with E-state index in [0.29, 0.717) is 19.5 Å². The minimum atomic E-state index is -0.556. The van der Waals surface area contributed by atoms with E-state index in [0.717, 1.165) is 16.3 Å². The van der Waals surface area contributed by atoms with Gasteiger partial charge in [0.25, 0.3) is 0 Å². The molecule has 1 atom stereocenters. The second-order valence-corrected chi connectivity index (χ2v) is 10.1. The van der Waals surface area contributed by atoms with Crippen molar-refractivity contribution in [1.82, 2.24) is 20.7 Å². The van der Waals surface area contributed by atoms with Crippen LogP contribution in [-0.2, 0) is 20.9 Å². The Hall–Kier alpha value is -1.85. The van der Waals surface area contributed by atoms with Crippen LogP contribution < -0.4 is 20.7 Å². The zero-order valence-electron chi connectivity index (χ0n) is 19.3. The number of rotatable bonds is 8. The molecule has 4 N–H and O–H groups in total. The van der Waals surface area contributed by atoms with Gasteiger partial charge in [-0.2, -0.15) is 0 Å². The third-order valence-electron chi connectivity index (χ3n) is 4.16. The summed E-state index contributed by atoms with van der Waals surface area (Å²) in [6.07, 6.45) is 0.344. The van der Waals surface area contributed by atoms with Crippen LogP contribution in [0, 0.1) is 0 Å². The molecule has 2 rings (SSSR count). The van der Waals surface area contributed by atoms with E-state index in [1.165, 1.54) is 16.0 Å². The van der Waals surface area contributed by atoms with Gasteiger partial charge < -0.3 is 16.0 Å². The van der Waals surface area contributed by atoms with Gasteiger partial charge in [-0.25, -0.2) is 0 Å². The molecule has 2 aromatic carbocycles. The van der Waals surface area contributed by atoms with Crippen LogP contribution in [-0.4, -0.2) is 35.8 Å². The van der Waals surface area contributed by atoms with Gasteiger partial charge in [0.05, 0.1) is 0 Å². The van der Waals surface area contributed by atoms with Crippen molar-refractivity contribution in [2.45, 2.75) is 59.2 Å². The maximum Gasteiger partial charge on any atom is 0.242 e. The zero-order valence-corrected chi connectivity index (χ0v) is 22.2. The van der Waals surface area contributed by atoms with E-state index < -0.39 is 6.04 Å². The van der Waals surface area contributed by atoms with E-state index in [4.69, 9.17) is 0 Å². The van der Waals surface area contributed by atoms with Crippen LogP contribution in [0.15, 0.2) is 42.5 Å². The summed E-state index contributed by atoms with van der Waals surface area (Å²) in [4.78, 5) is 34.3. The molecule has 0 aromatic heterocycles. The molecule has 7 nitrogen and oxygen atoms in total. The van der Waals surface area contributed by atoms with Crippen LogP contribution in [0.2, 0.25) is 0 Å². The second-order valence-electron chi connectivity index (χ2n) is 8.30. The van der Waals surface area contributed by atoms with Gasteiger partial charge in [-0.15, -0.1) is 0 Å². The summed E-state index contributed by atoms with van der Waals surface area (Å²) in [5.74, 6) is -0.300. The fraction of sp³-hybridized carbons (Fsp3) is 0.435. The van der Waals surface area contributed by atoms with Gasteiger partial charge in [-0.1, -0.05) is 42.5 Å². The molecule has 0 spiro atoms. The highest BCUT2D eigenvalue weighted by Gasteiger charge is 2.15. The third-order valence-corrected chi connectivity index (χ3v) is 5.41. The Morgan fingerprint density at radius 1 is 1.06 bits per heavy atom. The minimum Gasteiger partial charge on any atom is -0.352 e. The highest BCUT2D eigenvalue weighted by atomic mass is 127. The van der Waals surface area contributed by atoms with Crippen molar-refractivity contribution in [3.63, 3.8) is 0 Å². The van der Waals surface area contributed by atoms with E-state index in [-0.39, 0.29) is 23.3 Å². The molecule has 0 fully saturated rings. The molecule has 0 saturated carbocycles. The van der Waals surface area contributed by atoms with Gasteiger partial charge in [0.1, 0.15) is 6.04 Å². The fourth-order valence-corrected chi connectivity index (χ4v) is 3.73. The standard InChI is InChI=1S/C17H20IN3O2S.C6H13NO/c1-12(21-16(22)9-10-20-24-18)17(23)19-11-14-7-4-6-13-5-2-3-8-15(13)14;1-5(8)7-6(2,3)4/h2-8,12,20H,9-11H2,1H3,(H,19,23)(H,21,22);1-4H3,(H,7,8). The number of carbonyl (C=O) groups is 3. The van der Waals surface area contributed by atoms with E-state index >= 15 is 0 Å². The number of hydrogen-bond donors (Lipinski definition) is 4. The Morgan fingerprint density at radius 2 is 1.72 bits per heavy atom. The number of carbonyl (C=O) groups excluding carboxylic acids is 3. The first-order valence-corrected chi connectivity index (χ1v) is 13.7. The Kier molecular flexibility index (Phi) is 12.6. The highest BCUT2D eigenvalue weighted by molar-refractivity contribution is 14.2. The molecule has 32 heavy (non-hydrogen) atoms. The number of nitrogens with one attached hydrogen (secondary N) is 4. The van der Waals surface area contributed by atoms with Crippen LogP contribution >= 0.6 is 30.3 Å². The monoisotopic (exact) mass is 572 g/mol. The Balaban J connectivity index is 0.000000547.